The Morgan fingerprint density at radius 1 is 1.33 bits per heavy atom. The van der Waals surface area contributed by atoms with Crippen LogP contribution in [0.5, 0.6) is 0 Å². The monoisotopic (exact) mass is 164 g/mol. The van der Waals surface area contributed by atoms with Crippen molar-refractivity contribution in [2.75, 3.05) is 11.6 Å². The molecule has 0 spiro atoms. The van der Waals surface area contributed by atoms with Crippen LogP contribution >= 0.6 is 0 Å². The maximum Gasteiger partial charge on any atom is 0.347 e. The fourth-order valence-corrected chi connectivity index (χ4v) is 1.05. The molecule has 0 saturated carbocycles. The second-order valence-electron chi connectivity index (χ2n) is 2.49. The normalized spacial score (nSPS) is 16.3. The fraction of sp³-hybridized carbons (Fsp3) is 0.125. The molecule has 0 bridgehead atoms. The maximum absolute atomic E-state index is 10.7. The summed E-state index contributed by atoms with van der Waals surface area (Å²) in [4.78, 5) is 15.3. The lowest BCUT2D eigenvalue weighted by atomic mass is 10.3. The Morgan fingerprint density at radius 2 is 2.08 bits per heavy atom. The lowest BCUT2D eigenvalue weighted by molar-refractivity contribution is -0.141. The molecule has 4 heteroatoms. The van der Waals surface area contributed by atoms with Crippen LogP contribution in [0, 0.1) is 0 Å². The third kappa shape index (κ3) is 1.24. The van der Waals surface area contributed by atoms with Gasteiger partial charge < -0.3 is 4.84 Å². The molecule has 0 atom stereocenters. The molecule has 4 nitrogen and oxygen atoms in total. The maximum atomic E-state index is 10.7. The number of nitrogens with zero attached hydrogens (tertiary/aromatic N) is 1. The van der Waals surface area contributed by atoms with Crippen LogP contribution in [0.2, 0.25) is 0 Å². The van der Waals surface area contributed by atoms with E-state index < -0.39 is 0 Å². The first kappa shape index (κ1) is 7.12. The van der Waals surface area contributed by atoms with Gasteiger partial charge in [0.05, 0.1) is 5.69 Å². The summed E-state index contributed by atoms with van der Waals surface area (Å²) in [5, 5.41) is 1.64. The molecular weight excluding hydrogens is 156 g/mol. The number of hydrogen-bond donors (Lipinski definition) is 1. The van der Waals surface area contributed by atoms with Gasteiger partial charge in [0, 0.05) is 0 Å². The molecule has 0 aliphatic carbocycles. The Labute approximate surface area is 69.7 Å². The van der Waals surface area contributed by atoms with Gasteiger partial charge >= 0.3 is 5.97 Å². The van der Waals surface area contributed by atoms with E-state index in [1.807, 2.05) is 30.3 Å². The van der Waals surface area contributed by atoms with Gasteiger partial charge in [-0.3, -0.25) is 5.01 Å². The number of nitrogens with one attached hydrogen (secondary N) is 1. The van der Waals surface area contributed by atoms with Gasteiger partial charge in [-0.2, -0.15) is 0 Å². The quantitative estimate of drug-likeness (QED) is 0.655. The highest BCUT2D eigenvalue weighted by atomic mass is 16.7. The van der Waals surface area contributed by atoms with Crippen molar-refractivity contribution in [3.63, 3.8) is 0 Å². The molecular formula is C8H8N2O2. The Morgan fingerprint density at radius 3 is 2.67 bits per heavy atom. The Kier molecular flexibility index (Phi) is 1.68. The number of hydrazine groups is 1. The molecule has 1 fully saturated rings. The van der Waals surface area contributed by atoms with Crippen molar-refractivity contribution in [2.45, 2.75) is 0 Å². The minimum atomic E-state index is -0.265. The number of anilines is 1. The van der Waals surface area contributed by atoms with Gasteiger partial charge in [0.15, 0.2) is 0 Å². The van der Waals surface area contributed by atoms with E-state index in [1.165, 1.54) is 0 Å². The third-order valence-electron chi connectivity index (χ3n) is 1.62. The summed E-state index contributed by atoms with van der Waals surface area (Å²) in [5.41, 5.74) is 3.43. The average molecular weight is 164 g/mol. The molecule has 1 aromatic carbocycles. The zero-order chi connectivity index (χ0) is 8.39. The topological polar surface area (TPSA) is 41.6 Å². The van der Waals surface area contributed by atoms with Crippen LogP contribution in [0.15, 0.2) is 30.3 Å². The molecule has 0 amide bonds. The predicted octanol–water partition coefficient (Wildman–Crippen LogP) is 0.469. The molecule has 0 aromatic heterocycles. The van der Waals surface area contributed by atoms with Crippen molar-refractivity contribution in [1.29, 1.82) is 0 Å². The van der Waals surface area contributed by atoms with Gasteiger partial charge in [0.25, 0.3) is 0 Å². The largest absolute Gasteiger partial charge is 0.349 e. The smallest absolute Gasteiger partial charge is 0.347 e. The summed E-state index contributed by atoms with van der Waals surface area (Å²) < 4.78 is 0. The molecule has 0 radical (unpaired) electrons. The Balaban J connectivity index is 2.16. The Bertz CT molecular complexity index is 286. The fourth-order valence-electron chi connectivity index (χ4n) is 1.05. The molecule has 12 heavy (non-hydrogen) atoms. The first-order valence-electron chi connectivity index (χ1n) is 3.64. The third-order valence-corrected chi connectivity index (χ3v) is 1.62. The van der Waals surface area contributed by atoms with E-state index in [0.717, 1.165) is 5.69 Å². The average Bonchev–Trinajstić information content (AvgIpc) is 2.54. The van der Waals surface area contributed by atoms with Crippen LogP contribution in [-0.4, -0.2) is 12.5 Å². The van der Waals surface area contributed by atoms with Crippen LogP contribution in [0.1, 0.15) is 0 Å². The van der Waals surface area contributed by atoms with Crippen molar-refractivity contribution in [1.82, 2.24) is 5.59 Å². The number of carbonyl (C=O) groups is 1. The van der Waals surface area contributed by atoms with Crippen molar-refractivity contribution in [3.8, 4) is 0 Å². The van der Waals surface area contributed by atoms with Gasteiger partial charge in [-0.25, -0.2) is 4.79 Å². The van der Waals surface area contributed by atoms with Crippen molar-refractivity contribution in [3.05, 3.63) is 30.3 Å². The molecule has 62 valence electrons. The summed E-state index contributed by atoms with van der Waals surface area (Å²) in [6.45, 7) is 0.254. The minimum Gasteiger partial charge on any atom is -0.349 e. The SMILES string of the molecule is O=C1CN(c2ccccc2)NO1. The minimum absolute atomic E-state index is 0.254. The lowest BCUT2D eigenvalue weighted by Gasteiger charge is -2.12. The standard InChI is InChI=1S/C8H8N2O2/c11-8-6-10(9-12-8)7-4-2-1-3-5-7/h1-5,9H,6H2. The van der Waals surface area contributed by atoms with Crippen LogP contribution in [0.4, 0.5) is 5.69 Å². The van der Waals surface area contributed by atoms with E-state index in [-0.39, 0.29) is 12.5 Å². The van der Waals surface area contributed by atoms with Crippen molar-refractivity contribution >= 4 is 11.7 Å². The first-order chi connectivity index (χ1) is 5.86. The van der Waals surface area contributed by atoms with Gasteiger partial charge in [-0.1, -0.05) is 23.8 Å². The highest BCUT2D eigenvalue weighted by molar-refractivity contribution is 5.77. The second kappa shape index (κ2) is 2.83. The van der Waals surface area contributed by atoms with E-state index in [0.29, 0.717) is 0 Å². The molecule has 1 aliphatic heterocycles. The first-order valence-corrected chi connectivity index (χ1v) is 3.64. The number of hydrogen-bond acceptors (Lipinski definition) is 4. The van der Waals surface area contributed by atoms with Crippen molar-refractivity contribution < 1.29 is 9.63 Å². The summed E-state index contributed by atoms with van der Waals surface area (Å²) in [5.74, 6) is -0.265. The molecule has 1 aliphatic rings. The number of carbonyl (C=O) groups excluding carboxylic acids is 1. The molecule has 1 N–H and O–H groups in total. The van der Waals surface area contributed by atoms with Gasteiger partial charge in [-0.05, 0) is 12.1 Å². The molecule has 1 heterocycles. The number of para-hydroxylation sites is 1. The van der Waals surface area contributed by atoms with E-state index in [9.17, 15) is 4.79 Å². The Hall–Kier alpha value is -1.55. The van der Waals surface area contributed by atoms with Gasteiger partial charge in [-0.15, -0.1) is 0 Å². The number of rotatable bonds is 1. The van der Waals surface area contributed by atoms with Crippen LogP contribution in [0.3, 0.4) is 0 Å². The highest BCUT2D eigenvalue weighted by Gasteiger charge is 2.20. The predicted molar refractivity (Wildman–Crippen MR) is 43.0 cm³/mol. The van der Waals surface area contributed by atoms with E-state index >= 15 is 0 Å². The zero-order valence-corrected chi connectivity index (χ0v) is 6.36. The molecule has 1 saturated heterocycles. The van der Waals surface area contributed by atoms with E-state index in [1.54, 1.807) is 5.01 Å². The highest BCUT2D eigenvalue weighted by Crippen LogP contribution is 2.12. The van der Waals surface area contributed by atoms with Crippen LogP contribution in [-0.2, 0) is 9.63 Å². The van der Waals surface area contributed by atoms with Gasteiger partial charge in [0.1, 0.15) is 6.54 Å². The summed E-state index contributed by atoms with van der Waals surface area (Å²) in [7, 11) is 0. The summed E-state index contributed by atoms with van der Waals surface area (Å²) in [6, 6.07) is 9.52. The zero-order valence-electron chi connectivity index (χ0n) is 6.36. The van der Waals surface area contributed by atoms with Crippen molar-refractivity contribution in [2.24, 2.45) is 0 Å². The summed E-state index contributed by atoms with van der Waals surface area (Å²) >= 11 is 0. The molecule has 0 unspecified atom stereocenters. The van der Waals surface area contributed by atoms with E-state index in [4.69, 9.17) is 0 Å². The second-order valence-corrected chi connectivity index (χ2v) is 2.49. The molecule has 2 rings (SSSR count). The summed E-state index contributed by atoms with van der Waals surface area (Å²) in [6.07, 6.45) is 0. The van der Waals surface area contributed by atoms with Crippen LogP contribution < -0.4 is 10.6 Å². The van der Waals surface area contributed by atoms with Crippen LogP contribution in [0.25, 0.3) is 0 Å². The van der Waals surface area contributed by atoms with E-state index in [2.05, 4.69) is 10.4 Å². The lowest BCUT2D eigenvalue weighted by Crippen LogP contribution is -2.29. The van der Waals surface area contributed by atoms with Gasteiger partial charge in [0.2, 0.25) is 0 Å². The number of benzene rings is 1. The molecule has 1 aromatic rings.